The largest absolute Gasteiger partial charge is 0.366 e. The van der Waals surface area contributed by atoms with E-state index in [0.717, 1.165) is 0 Å². The molecule has 0 aliphatic heterocycles. The molecule has 0 aliphatic carbocycles. The van der Waals surface area contributed by atoms with Crippen LogP contribution in [0.5, 0.6) is 0 Å². The number of rotatable bonds is 2. The summed E-state index contributed by atoms with van der Waals surface area (Å²) in [6.45, 7) is 0. The fraction of sp³-hybridized carbons (Fsp3) is 0.100. The van der Waals surface area contributed by atoms with Crippen molar-refractivity contribution in [3.05, 3.63) is 28.2 Å². The number of halogens is 1. The Hall–Kier alpha value is -1.52. The Morgan fingerprint density at radius 3 is 2.88 bits per heavy atom. The minimum absolute atomic E-state index is 0.351. The number of hydrogen-bond donors (Lipinski definition) is 2. The summed E-state index contributed by atoms with van der Waals surface area (Å²) in [5, 5.41) is 11.4. The molecule has 7 heteroatoms. The van der Waals surface area contributed by atoms with Crippen LogP contribution in [0, 0.1) is 11.5 Å². The Morgan fingerprint density at radius 1 is 1.65 bits per heavy atom. The van der Waals surface area contributed by atoms with Crippen LogP contribution in [0.15, 0.2) is 27.7 Å². The van der Waals surface area contributed by atoms with Crippen molar-refractivity contribution in [1.82, 2.24) is 5.32 Å². The summed E-state index contributed by atoms with van der Waals surface area (Å²) in [6.07, 6.45) is 3.57. The number of nitrogens with two attached hydrogens (primary N) is 1. The van der Waals surface area contributed by atoms with E-state index in [0.29, 0.717) is 20.9 Å². The quantitative estimate of drug-likeness (QED) is 0.378. The Bertz CT molecular complexity index is 510. The number of primary amides is 1. The van der Waals surface area contributed by atoms with Crippen LogP contribution >= 0.6 is 27.7 Å². The summed E-state index contributed by atoms with van der Waals surface area (Å²) in [5.74, 6) is -0.534. The van der Waals surface area contributed by atoms with Crippen LogP contribution in [-0.4, -0.2) is 17.3 Å². The molecule has 1 aromatic rings. The van der Waals surface area contributed by atoms with E-state index < -0.39 is 5.91 Å². The van der Waals surface area contributed by atoms with E-state index in [1.54, 1.807) is 30.6 Å². The van der Waals surface area contributed by atoms with Crippen LogP contribution in [0.4, 0.5) is 5.69 Å². The van der Waals surface area contributed by atoms with Crippen LogP contribution in [0.2, 0.25) is 0 Å². The minimum atomic E-state index is -0.534. The van der Waals surface area contributed by atoms with Gasteiger partial charge in [-0.15, -0.1) is 0 Å². The zero-order valence-corrected chi connectivity index (χ0v) is 11.3. The number of nitriles is 1. The predicted octanol–water partition coefficient (Wildman–Crippen LogP) is 1.97. The maximum absolute atomic E-state index is 11.1. The number of hydrogen-bond acceptors (Lipinski definition) is 4. The maximum atomic E-state index is 11.1. The molecule has 0 saturated carbocycles. The van der Waals surface area contributed by atoms with Gasteiger partial charge in [-0.05, 0) is 40.4 Å². The number of benzene rings is 1. The fourth-order valence-corrected chi connectivity index (χ4v) is 1.85. The maximum Gasteiger partial charge on any atom is 0.249 e. The SMILES string of the molecule is CSC(=Nc1ccc(Br)c(C(N)=O)c1)NC#N. The minimum Gasteiger partial charge on any atom is -0.366 e. The van der Waals surface area contributed by atoms with Crippen LogP contribution < -0.4 is 11.1 Å². The summed E-state index contributed by atoms with van der Waals surface area (Å²) < 4.78 is 0.614. The molecule has 17 heavy (non-hydrogen) atoms. The number of thioether (sulfide) groups is 1. The highest BCUT2D eigenvalue weighted by Crippen LogP contribution is 2.23. The third-order valence-electron chi connectivity index (χ3n) is 1.80. The molecule has 0 aromatic heterocycles. The van der Waals surface area contributed by atoms with Gasteiger partial charge in [0, 0.05) is 4.47 Å². The van der Waals surface area contributed by atoms with Crippen molar-refractivity contribution in [3.8, 4) is 6.19 Å². The lowest BCUT2D eigenvalue weighted by Crippen LogP contribution is -2.13. The third-order valence-corrected chi connectivity index (χ3v) is 3.07. The highest BCUT2D eigenvalue weighted by Gasteiger charge is 2.07. The molecule has 0 aliphatic rings. The van der Waals surface area contributed by atoms with Gasteiger partial charge in [-0.2, -0.15) is 5.26 Å². The van der Waals surface area contributed by atoms with Crippen molar-refractivity contribution in [1.29, 1.82) is 5.26 Å². The van der Waals surface area contributed by atoms with E-state index in [9.17, 15) is 4.79 Å². The van der Waals surface area contributed by atoms with Crippen LogP contribution in [0.3, 0.4) is 0 Å². The van der Waals surface area contributed by atoms with Crippen molar-refractivity contribution in [2.45, 2.75) is 0 Å². The summed E-state index contributed by atoms with van der Waals surface area (Å²) in [5.41, 5.74) is 6.12. The molecule has 1 aromatic carbocycles. The Morgan fingerprint density at radius 2 is 2.35 bits per heavy atom. The first-order valence-corrected chi connectivity index (χ1v) is 6.47. The number of carbonyl (C=O) groups is 1. The normalized spacial score (nSPS) is 10.8. The first-order valence-electron chi connectivity index (χ1n) is 4.45. The zero-order valence-electron chi connectivity index (χ0n) is 8.90. The van der Waals surface area contributed by atoms with Gasteiger partial charge in [0.1, 0.15) is 0 Å². The number of aliphatic imine (C=N–C) groups is 1. The van der Waals surface area contributed by atoms with Gasteiger partial charge in [0.2, 0.25) is 5.91 Å². The molecule has 0 saturated heterocycles. The van der Waals surface area contributed by atoms with Crippen molar-refractivity contribution in [3.63, 3.8) is 0 Å². The lowest BCUT2D eigenvalue weighted by atomic mass is 10.2. The van der Waals surface area contributed by atoms with Crippen molar-refractivity contribution >= 4 is 44.5 Å². The van der Waals surface area contributed by atoms with Gasteiger partial charge in [-0.25, -0.2) is 4.99 Å². The van der Waals surface area contributed by atoms with E-state index in [1.165, 1.54) is 11.8 Å². The molecular formula is C10H9BrN4OS. The zero-order chi connectivity index (χ0) is 12.8. The number of nitrogens with one attached hydrogen (secondary N) is 1. The van der Waals surface area contributed by atoms with Gasteiger partial charge in [-0.1, -0.05) is 11.8 Å². The van der Waals surface area contributed by atoms with Crippen LogP contribution in [-0.2, 0) is 0 Å². The molecule has 0 atom stereocenters. The molecule has 1 amide bonds. The molecule has 0 bridgehead atoms. The highest BCUT2D eigenvalue weighted by molar-refractivity contribution is 9.10. The first kappa shape index (κ1) is 13.5. The topological polar surface area (TPSA) is 91.3 Å². The van der Waals surface area contributed by atoms with E-state index >= 15 is 0 Å². The summed E-state index contributed by atoms with van der Waals surface area (Å²) in [7, 11) is 0. The Labute approximate surface area is 111 Å². The predicted molar refractivity (Wildman–Crippen MR) is 72.0 cm³/mol. The van der Waals surface area contributed by atoms with E-state index in [1.807, 2.05) is 0 Å². The van der Waals surface area contributed by atoms with Crippen molar-refractivity contribution in [2.24, 2.45) is 10.7 Å². The van der Waals surface area contributed by atoms with Crippen molar-refractivity contribution < 1.29 is 4.79 Å². The monoisotopic (exact) mass is 312 g/mol. The molecule has 0 fully saturated rings. The summed E-state index contributed by atoms with van der Waals surface area (Å²) in [4.78, 5) is 15.3. The number of amides is 1. The molecule has 0 radical (unpaired) electrons. The molecule has 0 spiro atoms. The molecular weight excluding hydrogens is 304 g/mol. The number of amidine groups is 1. The molecule has 3 N–H and O–H groups in total. The van der Waals surface area contributed by atoms with Gasteiger partial charge < -0.3 is 5.73 Å². The smallest absolute Gasteiger partial charge is 0.249 e. The van der Waals surface area contributed by atoms with Gasteiger partial charge in [0.25, 0.3) is 0 Å². The molecule has 0 unspecified atom stereocenters. The Kier molecular flexibility index (Phi) is 5.00. The highest BCUT2D eigenvalue weighted by atomic mass is 79.9. The Balaban J connectivity index is 3.12. The van der Waals surface area contributed by atoms with E-state index in [4.69, 9.17) is 11.0 Å². The first-order chi connectivity index (χ1) is 8.08. The standard InChI is InChI=1S/C10H9BrN4OS/c1-17-10(14-5-12)15-6-2-3-8(11)7(4-6)9(13)16/h2-4H,1H3,(H2,13,16)(H,14,15). The molecule has 0 heterocycles. The molecule has 1 rings (SSSR count). The van der Waals surface area contributed by atoms with Gasteiger partial charge >= 0.3 is 0 Å². The summed E-state index contributed by atoms with van der Waals surface area (Å²) >= 11 is 4.52. The van der Waals surface area contributed by atoms with Gasteiger partial charge in [-0.3, -0.25) is 10.1 Å². The second-order valence-electron chi connectivity index (χ2n) is 2.89. The average Bonchev–Trinajstić information content (AvgIpc) is 2.30. The number of nitrogens with zero attached hydrogens (tertiary/aromatic N) is 2. The van der Waals surface area contributed by atoms with E-state index in [2.05, 4.69) is 26.2 Å². The third kappa shape index (κ3) is 3.76. The number of carbonyl (C=O) groups excluding carboxylic acids is 1. The average molecular weight is 313 g/mol. The fourth-order valence-electron chi connectivity index (χ4n) is 1.06. The van der Waals surface area contributed by atoms with Crippen LogP contribution in [0.25, 0.3) is 0 Å². The summed E-state index contributed by atoms with van der Waals surface area (Å²) in [6, 6.07) is 4.96. The molecule has 5 nitrogen and oxygen atoms in total. The van der Waals surface area contributed by atoms with E-state index in [-0.39, 0.29) is 0 Å². The second kappa shape index (κ2) is 6.27. The lowest BCUT2D eigenvalue weighted by Gasteiger charge is -2.03. The van der Waals surface area contributed by atoms with Gasteiger partial charge in [0.15, 0.2) is 11.4 Å². The van der Waals surface area contributed by atoms with Crippen LogP contribution in [0.1, 0.15) is 10.4 Å². The van der Waals surface area contributed by atoms with Gasteiger partial charge in [0.05, 0.1) is 11.3 Å². The lowest BCUT2D eigenvalue weighted by molar-refractivity contribution is 0.0999. The molecule has 88 valence electrons. The van der Waals surface area contributed by atoms with Crippen molar-refractivity contribution in [2.75, 3.05) is 6.26 Å². The second-order valence-corrected chi connectivity index (χ2v) is 4.54.